The van der Waals surface area contributed by atoms with E-state index in [1.165, 1.54) is 55.7 Å². The Morgan fingerprint density at radius 2 is 1.48 bits per heavy atom. The summed E-state index contributed by atoms with van der Waals surface area (Å²) in [6, 6.07) is 6.89. The molecule has 29 heavy (non-hydrogen) atoms. The number of piperidine rings is 1. The van der Waals surface area contributed by atoms with Crippen molar-refractivity contribution in [1.29, 1.82) is 0 Å². The first-order valence-corrected chi connectivity index (χ1v) is 10.8. The second-order valence-corrected chi connectivity index (χ2v) is 8.58. The van der Waals surface area contributed by atoms with Gasteiger partial charge in [0.2, 0.25) is 0 Å². The van der Waals surface area contributed by atoms with Gasteiger partial charge in [-0.1, -0.05) is 13.0 Å². The SMILES string of the molecule is CCC(=O)CN1CCC(CCN2CCN(c3cc(C)cc(C)c3)CC2)CC1.Cl.Cl. The third-order valence-electron chi connectivity index (χ3n) is 6.30. The molecule has 2 fully saturated rings. The number of ketones is 1. The lowest BCUT2D eigenvalue weighted by Crippen LogP contribution is -2.47. The molecule has 0 aliphatic carbocycles. The number of nitrogens with zero attached hydrogens (tertiary/aromatic N) is 3. The summed E-state index contributed by atoms with van der Waals surface area (Å²) in [6.45, 7) is 15.1. The van der Waals surface area contributed by atoms with Crippen LogP contribution in [0.5, 0.6) is 0 Å². The van der Waals surface area contributed by atoms with Gasteiger partial charge in [-0.3, -0.25) is 14.6 Å². The number of halogens is 2. The van der Waals surface area contributed by atoms with Gasteiger partial charge in [0.05, 0.1) is 6.54 Å². The molecule has 6 heteroatoms. The number of hydrogen-bond acceptors (Lipinski definition) is 4. The van der Waals surface area contributed by atoms with Crippen molar-refractivity contribution in [2.75, 3.05) is 57.3 Å². The van der Waals surface area contributed by atoms with E-state index in [1.807, 2.05) is 6.92 Å². The molecule has 0 N–H and O–H groups in total. The maximum Gasteiger partial charge on any atom is 0.146 e. The van der Waals surface area contributed by atoms with Crippen molar-refractivity contribution < 1.29 is 4.79 Å². The predicted octanol–water partition coefficient (Wildman–Crippen LogP) is 4.35. The highest BCUT2D eigenvalue weighted by molar-refractivity contribution is 5.85. The van der Waals surface area contributed by atoms with Crippen LogP contribution in [0.4, 0.5) is 5.69 Å². The number of carbonyl (C=O) groups is 1. The van der Waals surface area contributed by atoms with Gasteiger partial charge >= 0.3 is 0 Å². The van der Waals surface area contributed by atoms with Gasteiger partial charge < -0.3 is 4.90 Å². The molecular weight excluding hydrogens is 405 g/mol. The molecule has 1 aromatic carbocycles. The van der Waals surface area contributed by atoms with Crippen LogP contribution in [0.15, 0.2) is 18.2 Å². The van der Waals surface area contributed by atoms with Gasteiger partial charge in [0.15, 0.2) is 0 Å². The zero-order valence-electron chi connectivity index (χ0n) is 18.4. The van der Waals surface area contributed by atoms with Gasteiger partial charge in [0.1, 0.15) is 5.78 Å². The molecule has 0 saturated carbocycles. The third kappa shape index (κ3) is 8.09. The van der Waals surface area contributed by atoms with Crippen molar-refractivity contribution in [1.82, 2.24) is 9.80 Å². The summed E-state index contributed by atoms with van der Waals surface area (Å²) in [7, 11) is 0. The predicted molar refractivity (Wildman–Crippen MR) is 128 cm³/mol. The molecule has 0 bridgehead atoms. The van der Waals surface area contributed by atoms with Crippen LogP contribution in [-0.2, 0) is 4.79 Å². The number of rotatable bonds is 7. The number of benzene rings is 1. The largest absolute Gasteiger partial charge is 0.369 e. The van der Waals surface area contributed by atoms with Crippen LogP contribution in [0.3, 0.4) is 0 Å². The Bertz CT molecular complexity index is 604. The molecule has 4 nitrogen and oxygen atoms in total. The topological polar surface area (TPSA) is 26.8 Å². The summed E-state index contributed by atoms with van der Waals surface area (Å²) in [5, 5.41) is 0. The van der Waals surface area contributed by atoms with E-state index in [0.29, 0.717) is 18.7 Å². The fraction of sp³-hybridized carbons (Fsp3) is 0.696. The van der Waals surface area contributed by atoms with Gasteiger partial charge in [-0.25, -0.2) is 0 Å². The lowest BCUT2D eigenvalue weighted by molar-refractivity contribution is -0.120. The Balaban J connectivity index is 0.00000210. The van der Waals surface area contributed by atoms with Crippen LogP contribution in [0.2, 0.25) is 0 Å². The molecule has 3 rings (SSSR count). The first-order chi connectivity index (χ1) is 13.0. The number of hydrogen-bond donors (Lipinski definition) is 0. The number of Topliss-reactive ketones (excluding diaryl/α,β-unsaturated/α-hetero) is 1. The molecule has 2 saturated heterocycles. The van der Waals surface area contributed by atoms with Crippen molar-refractivity contribution in [3.63, 3.8) is 0 Å². The molecule has 166 valence electrons. The Hall–Kier alpha value is -0.810. The maximum absolute atomic E-state index is 11.6. The van der Waals surface area contributed by atoms with Gasteiger partial charge in [0, 0.05) is 38.3 Å². The highest BCUT2D eigenvalue weighted by atomic mass is 35.5. The molecule has 0 radical (unpaired) electrons. The number of carbonyl (C=O) groups excluding carboxylic acids is 1. The summed E-state index contributed by atoms with van der Waals surface area (Å²) in [6.07, 6.45) is 4.52. The average molecular weight is 444 g/mol. The van der Waals surface area contributed by atoms with Crippen molar-refractivity contribution in [2.45, 2.75) is 46.5 Å². The summed E-state index contributed by atoms with van der Waals surface area (Å²) < 4.78 is 0. The summed E-state index contributed by atoms with van der Waals surface area (Å²) >= 11 is 0. The molecule has 2 heterocycles. The van der Waals surface area contributed by atoms with E-state index in [-0.39, 0.29) is 24.8 Å². The fourth-order valence-electron chi connectivity index (χ4n) is 4.52. The highest BCUT2D eigenvalue weighted by Crippen LogP contribution is 2.23. The molecule has 0 unspecified atom stereocenters. The number of piperazine rings is 1. The smallest absolute Gasteiger partial charge is 0.146 e. The van der Waals surface area contributed by atoms with Crippen LogP contribution >= 0.6 is 24.8 Å². The van der Waals surface area contributed by atoms with Gasteiger partial charge in [-0.15, -0.1) is 24.8 Å². The lowest BCUT2D eigenvalue weighted by atomic mass is 9.93. The minimum Gasteiger partial charge on any atom is -0.369 e. The Labute approximate surface area is 189 Å². The van der Waals surface area contributed by atoms with Crippen molar-refractivity contribution >= 4 is 36.3 Å². The highest BCUT2D eigenvalue weighted by Gasteiger charge is 2.22. The molecule has 2 aliphatic heterocycles. The quantitative estimate of drug-likeness (QED) is 0.625. The summed E-state index contributed by atoms with van der Waals surface area (Å²) in [5.74, 6) is 1.23. The van der Waals surface area contributed by atoms with Crippen molar-refractivity contribution in [3.05, 3.63) is 29.3 Å². The Morgan fingerprint density at radius 1 is 0.897 bits per heavy atom. The molecule has 2 aliphatic rings. The summed E-state index contributed by atoms with van der Waals surface area (Å²) in [5.41, 5.74) is 4.11. The molecule has 0 spiro atoms. The van der Waals surface area contributed by atoms with E-state index in [1.54, 1.807) is 0 Å². The van der Waals surface area contributed by atoms with E-state index in [4.69, 9.17) is 0 Å². The zero-order valence-corrected chi connectivity index (χ0v) is 20.0. The third-order valence-corrected chi connectivity index (χ3v) is 6.30. The lowest BCUT2D eigenvalue weighted by Gasteiger charge is -2.38. The van der Waals surface area contributed by atoms with E-state index in [0.717, 1.165) is 32.1 Å². The molecule has 0 amide bonds. The zero-order chi connectivity index (χ0) is 19.2. The van der Waals surface area contributed by atoms with Crippen LogP contribution in [0, 0.1) is 19.8 Å². The van der Waals surface area contributed by atoms with E-state index in [2.05, 4.69) is 46.7 Å². The maximum atomic E-state index is 11.6. The first kappa shape index (κ1) is 26.2. The minimum absolute atomic E-state index is 0. The van der Waals surface area contributed by atoms with Crippen molar-refractivity contribution in [3.8, 4) is 0 Å². The first-order valence-electron chi connectivity index (χ1n) is 10.8. The summed E-state index contributed by atoms with van der Waals surface area (Å²) in [4.78, 5) is 19.1. The number of aryl methyl sites for hydroxylation is 2. The van der Waals surface area contributed by atoms with E-state index in [9.17, 15) is 4.79 Å². The monoisotopic (exact) mass is 443 g/mol. The van der Waals surface area contributed by atoms with Gasteiger partial charge in [-0.2, -0.15) is 0 Å². The van der Waals surface area contributed by atoms with Crippen LogP contribution in [-0.4, -0.2) is 67.9 Å². The molecule has 1 aromatic rings. The van der Waals surface area contributed by atoms with Crippen molar-refractivity contribution in [2.24, 2.45) is 5.92 Å². The van der Waals surface area contributed by atoms with E-state index < -0.39 is 0 Å². The van der Waals surface area contributed by atoms with E-state index >= 15 is 0 Å². The fourth-order valence-corrected chi connectivity index (χ4v) is 4.52. The minimum atomic E-state index is 0. The number of anilines is 1. The Kier molecular flexibility index (Phi) is 11.6. The van der Waals surface area contributed by atoms with Gasteiger partial charge in [-0.05, 0) is 81.9 Å². The van der Waals surface area contributed by atoms with Crippen LogP contribution in [0.25, 0.3) is 0 Å². The molecule has 0 aromatic heterocycles. The second kappa shape index (κ2) is 12.8. The molecule has 0 atom stereocenters. The second-order valence-electron chi connectivity index (χ2n) is 8.58. The average Bonchev–Trinajstić information content (AvgIpc) is 2.67. The number of likely N-dealkylation sites (tertiary alicyclic amines) is 1. The van der Waals surface area contributed by atoms with Crippen LogP contribution < -0.4 is 4.90 Å². The van der Waals surface area contributed by atoms with Crippen LogP contribution in [0.1, 0.15) is 43.7 Å². The Morgan fingerprint density at radius 3 is 2.03 bits per heavy atom. The standard InChI is InChI=1S/C23H37N3O.2ClH/c1-4-23(27)18-25-9-6-21(7-10-25)5-8-24-11-13-26(14-12-24)22-16-19(2)15-20(3)17-22;;/h15-17,21H,4-14,18H2,1-3H3;2*1H. The normalized spacial score (nSPS) is 18.8. The van der Waals surface area contributed by atoms with Gasteiger partial charge in [0.25, 0.3) is 0 Å². The molecular formula is C23H39Cl2N3O.